The fourth-order valence-corrected chi connectivity index (χ4v) is 1.54. The molecule has 0 unspecified atom stereocenters. The van der Waals surface area contributed by atoms with E-state index >= 15 is 0 Å². The minimum atomic E-state index is -0.245. The Balaban J connectivity index is 2.10. The van der Waals surface area contributed by atoms with E-state index in [-0.39, 0.29) is 12.5 Å². The van der Waals surface area contributed by atoms with E-state index < -0.39 is 0 Å². The fourth-order valence-electron chi connectivity index (χ4n) is 1.54. The van der Waals surface area contributed by atoms with Crippen LogP contribution in [0.4, 0.5) is 5.69 Å². The van der Waals surface area contributed by atoms with Crippen LogP contribution in [0.2, 0.25) is 0 Å². The first kappa shape index (κ1) is 17.1. The molecule has 0 saturated carbocycles. The summed E-state index contributed by atoms with van der Waals surface area (Å²) >= 11 is 0. The van der Waals surface area contributed by atoms with Gasteiger partial charge in [-0.1, -0.05) is 6.07 Å². The van der Waals surface area contributed by atoms with Gasteiger partial charge in [-0.05, 0) is 24.6 Å². The van der Waals surface area contributed by atoms with Crippen LogP contribution in [0.25, 0.3) is 0 Å². The number of nitrogens with zero attached hydrogens (tertiary/aromatic N) is 1. The molecular formula is C15H20N2O4. The Morgan fingerprint density at radius 3 is 2.81 bits per heavy atom. The molecule has 1 aromatic rings. The quantitative estimate of drug-likeness (QED) is 0.662. The smallest absolute Gasteiger partial charge is 0.250 e. The van der Waals surface area contributed by atoms with Gasteiger partial charge in [0.1, 0.15) is 6.61 Å². The lowest BCUT2D eigenvalue weighted by Crippen LogP contribution is -2.19. The van der Waals surface area contributed by atoms with E-state index in [1.54, 1.807) is 31.4 Å². The molecule has 0 aliphatic heterocycles. The summed E-state index contributed by atoms with van der Waals surface area (Å²) < 4.78 is 15.4. The number of anilines is 1. The highest BCUT2D eigenvalue weighted by Gasteiger charge is 2.03. The molecule has 1 rings (SSSR count). The van der Waals surface area contributed by atoms with Crippen molar-refractivity contribution in [2.45, 2.75) is 6.42 Å². The molecule has 0 aliphatic rings. The third-order valence-corrected chi connectivity index (χ3v) is 2.52. The summed E-state index contributed by atoms with van der Waals surface area (Å²) in [6, 6.07) is 8.74. The SMILES string of the molecule is COCCOCCCOCC(=O)Nc1cccc(C#N)c1. The molecular weight excluding hydrogens is 272 g/mol. The number of carbonyl (C=O) groups excluding carboxylic acids is 1. The van der Waals surface area contributed by atoms with Crippen molar-refractivity contribution in [3.8, 4) is 6.07 Å². The van der Waals surface area contributed by atoms with Crippen molar-refractivity contribution >= 4 is 11.6 Å². The minimum absolute atomic E-state index is 0.0190. The summed E-state index contributed by atoms with van der Waals surface area (Å²) in [6.07, 6.45) is 0.723. The maximum atomic E-state index is 11.6. The van der Waals surface area contributed by atoms with Crippen LogP contribution >= 0.6 is 0 Å². The maximum absolute atomic E-state index is 11.6. The number of methoxy groups -OCH3 is 1. The fraction of sp³-hybridized carbons (Fsp3) is 0.467. The molecule has 6 nitrogen and oxygen atoms in total. The average Bonchev–Trinajstić information content (AvgIpc) is 2.50. The average molecular weight is 292 g/mol. The number of rotatable bonds is 10. The van der Waals surface area contributed by atoms with Crippen LogP contribution in [0.15, 0.2) is 24.3 Å². The van der Waals surface area contributed by atoms with E-state index in [0.717, 1.165) is 6.42 Å². The standard InChI is InChI=1S/C15H20N2O4/c1-19-8-9-20-6-3-7-21-12-15(18)17-14-5-2-4-13(10-14)11-16/h2,4-5,10H,3,6-9,12H2,1H3,(H,17,18). The Hall–Kier alpha value is -1.94. The highest BCUT2D eigenvalue weighted by molar-refractivity contribution is 5.91. The topological polar surface area (TPSA) is 80.6 Å². The van der Waals surface area contributed by atoms with Gasteiger partial charge in [-0.2, -0.15) is 5.26 Å². The molecule has 1 amide bonds. The Kier molecular flexibility index (Phi) is 8.80. The van der Waals surface area contributed by atoms with Crippen molar-refractivity contribution < 1.29 is 19.0 Å². The molecule has 0 aromatic heterocycles. The summed E-state index contributed by atoms with van der Waals surface area (Å²) in [4.78, 5) is 11.6. The lowest BCUT2D eigenvalue weighted by molar-refractivity contribution is -0.120. The predicted octanol–water partition coefficient (Wildman–Crippen LogP) is 1.57. The number of hydrogen-bond acceptors (Lipinski definition) is 5. The molecule has 114 valence electrons. The van der Waals surface area contributed by atoms with Gasteiger partial charge in [0.2, 0.25) is 5.91 Å². The zero-order valence-corrected chi connectivity index (χ0v) is 12.1. The van der Waals surface area contributed by atoms with Gasteiger partial charge in [0, 0.05) is 26.0 Å². The molecule has 0 saturated heterocycles. The second kappa shape index (κ2) is 10.8. The first-order chi connectivity index (χ1) is 10.3. The molecule has 21 heavy (non-hydrogen) atoms. The highest BCUT2D eigenvalue weighted by Crippen LogP contribution is 2.09. The van der Waals surface area contributed by atoms with E-state index in [0.29, 0.717) is 37.7 Å². The summed E-state index contributed by atoms with van der Waals surface area (Å²) in [5, 5.41) is 11.4. The largest absolute Gasteiger partial charge is 0.382 e. The third-order valence-electron chi connectivity index (χ3n) is 2.52. The molecule has 0 bridgehead atoms. The van der Waals surface area contributed by atoms with E-state index in [9.17, 15) is 4.79 Å². The van der Waals surface area contributed by atoms with Gasteiger partial charge >= 0.3 is 0 Å². The zero-order valence-electron chi connectivity index (χ0n) is 12.1. The van der Waals surface area contributed by atoms with Crippen LogP contribution in [0.1, 0.15) is 12.0 Å². The molecule has 0 fully saturated rings. The lowest BCUT2D eigenvalue weighted by atomic mass is 10.2. The predicted molar refractivity (Wildman–Crippen MR) is 77.9 cm³/mol. The number of nitriles is 1. The number of hydrogen-bond donors (Lipinski definition) is 1. The Labute approximate surface area is 124 Å². The monoisotopic (exact) mass is 292 g/mol. The first-order valence-electron chi connectivity index (χ1n) is 6.70. The van der Waals surface area contributed by atoms with E-state index in [2.05, 4.69) is 5.32 Å². The van der Waals surface area contributed by atoms with Crippen molar-refractivity contribution in [1.82, 2.24) is 0 Å². The molecule has 0 radical (unpaired) electrons. The van der Waals surface area contributed by atoms with Gasteiger partial charge in [0.25, 0.3) is 0 Å². The molecule has 0 heterocycles. The molecule has 0 spiro atoms. The van der Waals surface area contributed by atoms with E-state index in [1.807, 2.05) is 6.07 Å². The van der Waals surface area contributed by atoms with Crippen LogP contribution in [0.3, 0.4) is 0 Å². The summed E-state index contributed by atoms with van der Waals surface area (Å²) in [5.41, 5.74) is 1.09. The highest BCUT2D eigenvalue weighted by atomic mass is 16.5. The van der Waals surface area contributed by atoms with Crippen molar-refractivity contribution in [3.63, 3.8) is 0 Å². The lowest BCUT2D eigenvalue weighted by Gasteiger charge is -2.07. The Morgan fingerprint density at radius 1 is 1.24 bits per heavy atom. The van der Waals surface area contributed by atoms with Gasteiger partial charge in [-0.25, -0.2) is 0 Å². The zero-order chi connectivity index (χ0) is 15.3. The summed E-state index contributed by atoms with van der Waals surface area (Å²) in [5.74, 6) is -0.245. The van der Waals surface area contributed by atoms with Gasteiger partial charge in [0.05, 0.1) is 24.8 Å². The van der Waals surface area contributed by atoms with E-state index in [1.165, 1.54) is 0 Å². The number of benzene rings is 1. The van der Waals surface area contributed by atoms with Crippen LogP contribution in [-0.2, 0) is 19.0 Å². The van der Waals surface area contributed by atoms with Crippen LogP contribution in [0.5, 0.6) is 0 Å². The second-order valence-corrected chi connectivity index (χ2v) is 4.25. The number of carbonyl (C=O) groups is 1. The van der Waals surface area contributed by atoms with Crippen molar-refractivity contribution in [3.05, 3.63) is 29.8 Å². The van der Waals surface area contributed by atoms with Gasteiger partial charge in [-0.3, -0.25) is 4.79 Å². The normalized spacial score (nSPS) is 10.1. The van der Waals surface area contributed by atoms with Crippen molar-refractivity contribution in [1.29, 1.82) is 5.26 Å². The summed E-state index contributed by atoms with van der Waals surface area (Å²) in [7, 11) is 1.62. The van der Waals surface area contributed by atoms with E-state index in [4.69, 9.17) is 19.5 Å². The van der Waals surface area contributed by atoms with Gasteiger partial charge in [0.15, 0.2) is 0 Å². The second-order valence-electron chi connectivity index (χ2n) is 4.25. The van der Waals surface area contributed by atoms with Gasteiger partial charge in [-0.15, -0.1) is 0 Å². The summed E-state index contributed by atoms with van der Waals surface area (Å²) in [6.45, 7) is 2.15. The Morgan fingerprint density at radius 2 is 2.05 bits per heavy atom. The van der Waals surface area contributed by atoms with Gasteiger partial charge < -0.3 is 19.5 Å². The number of ether oxygens (including phenoxy) is 3. The molecule has 1 aromatic carbocycles. The molecule has 0 atom stereocenters. The van der Waals surface area contributed by atoms with Crippen molar-refractivity contribution in [2.24, 2.45) is 0 Å². The van der Waals surface area contributed by atoms with Crippen LogP contribution in [-0.4, -0.2) is 46.1 Å². The molecule has 0 aliphatic carbocycles. The number of amides is 1. The third kappa shape index (κ3) is 8.05. The van der Waals surface area contributed by atoms with Crippen LogP contribution in [0, 0.1) is 11.3 Å². The van der Waals surface area contributed by atoms with Crippen LogP contribution < -0.4 is 5.32 Å². The number of nitrogens with one attached hydrogen (secondary N) is 1. The minimum Gasteiger partial charge on any atom is -0.382 e. The maximum Gasteiger partial charge on any atom is 0.250 e. The molecule has 1 N–H and O–H groups in total. The molecule has 6 heteroatoms. The first-order valence-corrected chi connectivity index (χ1v) is 6.70. The van der Waals surface area contributed by atoms with Crippen molar-refractivity contribution in [2.75, 3.05) is 45.5 Å². The Bertz CT molecular complexity index is 471.